The monoisotopic (exact) mass is 442 g/mol. The first kappa shape index (κ1) is 24.2. The zero-order chi connectivity index (χ0) is 0. The summed E-state index contributed by atoms with van der Waals surface area (Å²) in [5.74, 6) is 0. The molecule has 0 aliphatic heterocycles. The average Bonchev–Trinajstić information content (AvgIpc) is 0. The van der Waals surface area contributed by atoms with E-state index in [-0.39, 0.29) is 125 Å². The maximum absolute atomic E-state index is 0. The summed E-state index contributed by atoms with van der Waals surface area (Å²) in [6, 6.07) is 0. The molecule has 0 aromatic rings. The van der Waals surface area contributed by atoms with Gasteiger partial charge in [-0.1, -0.05) is 0 Å². The normalized spacial score (nSPS) is 0. The summed E-state index contributed by atoms with van der Waals surface area (Å²) in [5.41, 5.74) is 0. The van der Waals surface area contributed by atoms with E-state index in [0.29, 0.717) is 0 Å². The van der Waals surface area contributed by atoms with Gasteiger partial charge in [0.1, 0.15) is 0 Å². The fourth-order valence-corrected chi connectivity index (χ4v) is 0. The van der Waals surface area contributed by atoms with Gasteiger partial charge in [0.05, 0.1) is 0 Å². The SMILES string of the molecule is [Fe].[Gd].[La].[Y]. The molecule has 4 heavy (non-hydrogen) atoms. The molecule has 0 unspecified atom stereocenters. The predicted molar refractivity (Wildman–Crippen MR) is 0 cm³/mol. The molecular formula is FeGdLaY. The van der Waals surface area contributed by atoms with Gasteiger partial charge in [-0.05, 0) is 0 Å². The predicted octanol–water partition coefficient (Wildman–Crippen LogP) is -0.00500. The van der Waals surface area contributed by atoms with Gasteiger partial charge in [-0.15, -0.1) is 0 Å². The maximum atomic E-state index is 0. The topological polar surface area (TPSA) is 0 Å². The summed E-state index contributed by atoms with van der Waals surface area (Å²) >= 11 is 0. The molecule has 0 nitrogen and oxygen atoms in total. The maximum Gasteiger partial charge on any atom is 0 e. The Balaban J connectivity index is 0. The molecule has 0 rings (SSSR count). The Bertz CT molecular complexity index is 8.00. The van der Waals surface area contributed by atoms with Gasteiger partial charge in [0, 0.05) is 125 Å². The van der Waals surface area contributed by atoms with Gasteiger partial charge < -0.3 is 0 Å². The van der Waals surface area contributed by atoms with Gasteiger partial charge in [0.2, 0.25) is 0 Å². The van der Waals surface area contributed by atoms with Crippen molar-refractivity contribution in [3.63, 3.8) is 0 Å². The zero-order valence-electron chi connectivity index (χ0n) is 1.86. The van der Waals surface area contributed by atoms with E-state index < -0.39 is 0 Å². The van der Waals surface area contributed by atoms with Crippen LogP contribution in [0.15, 0.2) is 0 Å². The second-order valence-corrected chi connectivity index (χ2v) is 0. The fourth-order valence-electron chi connectivity index (χ4n) is 0. The molecule has 0 amide bonds. The van der Waals surface area contributed by atoms with E-state index in [0.717, 1.165) is 0 Å². The molecule has 0 aromatic heterocycles. The van der Waals surface area contributed by atoms with Crippen LogP contribution in [0.5, 0.6) is 0 Å². The van der Waals surface area contributed by atoms with E-state index in [1.165, 1.54) is 0 Å². The van der Waals surface area contributed by atoms with Gasteiger partial charge in [0.15, 0.2) is 0 Å². The summed E-state index contributed by atoms with van der Waals surface area (Å²) < 4.78 is 0. The molecule has 2 radical (unpaired) electrons. The Kier molecular flexibility index (Phi) is 95.0. The van der Waals surface area contributed by atoms with Crippen LogP contribution in [0.1, 0.15) is 0 Å². The Labute approximate surface area is 122 Å². The second kappa shape index (κ2) is 15.7. The van der Waals surface area contributed by atoms with E-state index in [4.69, 9.17) is 0 Å². The van der Waals surface area contributed by atoms with E-state index in [2.05, 4.69) is 0 Å². The van der Waals surface area contributed by atoms with Crippen LogP contribution >= 0.6 is 0 Å². The molecule has 22 valence electrons. The van der Waals surface area contributed by atoms with Gasteiger partial charge in [-0.3, -0.25) is 0 Å². The molecule has 0 atom stereocenters. The van der Waals surface area contributed by atoms with Gasteiger partial charge in [-0.25, -0.2) is 0 Å². The van der Waals surface area contributed by atoms with Gasteiger partial charge >= 0.3 is 0 Å². The van der Waals surface area contributed by atoms with Crippen molar-refractivity contribution in [2.45, 2.75) is 0 Å². The van der Waals surface area contributed by atoms with Crippen LogP contribution in [0.25, 0.3) is 0 Å². The second-order valence-electron chi connectivity index (χ2n) is 0. The first-order chi connectivity index (χ1) is 0. The van der Waals surface area contributed by atoms with Crippen LogP contribution in [0.2, 0.25) is 0 Å². The molecule has 0 aliphatic carbocycles. The molecule has 0 bridgehead atoms. The molecule has 0 saturated carbocycles. The third-order valence-electron chi connectivity index (χ3n) is 0. The van der Waals surface area contributed by atoms with Crippen LogP contribution in [-0.4, -0.2) is 0 Å². The summed E-state index contributed by atoms with van der Waals surface area (Å²) in [6.45, 7) is 0. The molecule has 0 aromatic carbocycles. The van der Waals surface area contributed by atoms with Crippen LogP contribution in [0, 0.1) is 75.5 Å². The minimum Gasteiger partial charge on any atom is 0 e. The molecule has 0 fully saturated rings. The molecule has 0 saturated heterocycles. The summed E-state index contributed by atoms with van der Waals surface area (Å²) in [5, 5.41) is 0. The Morgan fingerprint density at radius 1 is 1.00 bits per heavy atom. The number of rotatable bonds is 0. The van der Waals surface area contributed by atoms with Crippen molar-refractivity contribution in [1.82, 2.24) is 0 Å². The Hall–Kier alpha value is 4.14. The van der Waals surface area contributed by atoms with Gasteiger partial charge in [-0.2, -0.15) is 0 Å². The Morgan fingerprint density at radius 2 is 1.00 bits per heavy atom. The summed E-state index contributed by atoms with van der Waals surface area (Å²) in [6.07, 6.45) is 0. The average molecular weight is 441 g/mol. The largest absolute Gasteiger partial charge is 0 e. The quantitative estimate of drug-likeness (QED) is 0.465. The van der Waals surface area contributed by atoms with Crippen LogP contribution in [0.4, 0.5) is 0 Å². The van der Waals surface area contributed by atoms with E-state index >= 15 is 0 Å². The van der Waals surface area contributed by atoms with Crippen molar-refractivity contribution in [2.24, 2.45) is 0 Å². The van der Waals surface area contributed by atoms with E-state index in [1.54, 1.807) is 0 Å². The van der Waals surface area contributed by atoms with Crippen molar-refractivity contribution in [3.8, 4) is 0 Å². The van der Waals surface area contributed by atoms with Crippen LogP contribution in [0.3, 0.4) is 0 Å². The minimum atomic E-state index is 0. The molecular weight excluding hydrogens is 441 g/mol. The molecule has 4 heteroatoms. The number of hydrogen-bond donors (Lipinski definition) is 0. The molecule has 0 aliphatic rings. The fraction of sp³-hybridized carbons (Fsp3) is 0. The third-order valence-corrected chi connectivity index (χ3v) is 0. The first-order valence-corrected chi connectivity index (χ1v) is 0. The van der Waals surface area contributed by atoms with E-state index in [9.17, 15) is 0 Å². The third kappa shape index (κ3) is 9.47. The van der Waals surface area contributed by atoms with E-state index in [1.807, 2.05) is 0 Å². The van der Waals surface area contributed by atoms with Crippen molar-refractivity contribution in [3.05, 3.63) is 0 Å². The van der Waals surface area contributed by atoms with Crippen molar-refractivity contribution < 1.29 is 125 Å². The van der Waals surface area contributed by atoms with Crippen molar-refractivity contribution >= 4 is 0 Å². The number of hydrogen-bond acceptors (Lipinski definition) is 0. The molecule has 0 spiro atoms. The first-order valence-electron chi connectivity index (χ1n) is 0. The Morgan fingerprint density at radius 3 is 1.00 bits per heavy atom. The zero-order valence-corrected chi connectivity index (χ0v) is 11.7. The molecule has 0 heterocycles. The van der Waals surface area contributed by atoms with Gasteiger partial charge in [0.25, 0.3) is 0 Å². The van der Waals surface area contributed by atoms with Crippen LogP contribution < -0.4 is 0 Å². The standard InChI is InChI=1S/Fe.Gd.La.Y. The summed E-state index contributed by atoms with van der Waals surface area (Å²) in [7, 11) is 0. The van der Waals surface area contributed by atoms with Crippen molar-refractivity contribution in [2.75, 3.05) is 0 Å². The smallest absolute Gasteiger partial charge is 0 e. The van der Waals surface area contributed by atoms with Crippen molar-refractivity contribution in [1.29, 1.82) is 0 Å². The summed E-state index contributed by atoms with van der Waals surface area (Å²) in [4.78, 5) is 0. The molecule has 0 N–H and O–H groups in total. The minimum absolute atomic E-state index is 0. The van der Waals surface area contributed by atoms with Crippen LogP contribution in [-0.2, 0) is 49.8 Å².